The highest BCUT2D eigenvalue weighted by atomic mass is 32.2. The van der Waals surface area contributed by atoms with Crippen molar-refractivity contribution in [3.8, 4) is 0 Å². The molecule has 19 heavy (non-hydrogen) atoms. The van der Waals surface area contributed by atoms with Gasteiger partial charge in [0.05, 0.1) is 0 Å². The summed E-state index contributed by atoms with van der Waals surface area (Å²) in [5.41, 5.74) is 2.93. The van der Waals surface area contributed by atoms with Crippen LogP contribution in [0.5, 0.6) is 0 Å². The summed E-state index contributed by atoms with van der Waals surface area (Å²) in [6.07, 6.45) is 0. The SMILES string of the molecule is Cc1ccc(C(=O)Nc2nnc3n2CCS3)cc1C. The molecule has 1 aliphatic rings. The van der Waals surface area contributed by atoms with Gasteiger partial charge in [-0.3, -0.25) is 14.7 Å². The van der Waals surface area contributed by atoms with Gasteiger partial charge in [0.2, 0.25) is 5.95 Å². The number of nitrogens with one attached hydrogen (secondary N) is 1. The number of hydrogen-bond acceptors (Lipinski definition) is 4. The van der Waals surface area contributed by atoms with E-state index < -0.39 is 0 Å². The van der Waals surface area contributed by atoms with Crippen molar-refractivity contribution < 1.29 is 4.79 Å². The fraction of sp³-hybridized carbons (Fsp3) is 0.308. The monoisotopic (exact) mass is 274 g/mol. The van der Waals surface area contributed by atoms with Gasteiger partial charge in [-0.15, -0.1) is 10.2 Å². The number of thioether (sulfide) groups is 1. The molecule has 1 aromatic carbocycles. The average Bonchev–Trinajstić information content (AvgIpc) is 2.97. The van der Waals surface area contributed by atoms with Gasteiger partial charge in [-0.05, 0) is 37.1 Å². The zero-order valence-electron chi connectivity index (χ0n) is 10.8. The van der Waals surface area contributed by atoms with Gasteiger partial charge in [0, 0.05) is 17.9 Å². The lowest BCUT2D eigenvalue weighted by Crippen LogP contribution is -2.16. The van der Waals surface area contributed by atoms with Crippen molar-refractivity contribution in [1.29, 1.82) is 0 Å². The minimum Gasteiger partial charge on any atom is -0.290 e. The Labute approximate surface area is 115 Å². The van der Waals surface area contributed by atoms with E-state index in [1.165, 1.54) is 5.56 Å². The number of anilines is 1. The van der Waals surface area contributed by atoms with E-state index in [9.17, 15) is 4.79 Å². The summed E-state index contributed by atoms with van der Waals surface area (Å²) in [6.45, 7) is 4.87. The molecule has 2 heterocycles. The maximum absolute atomic E-state index is 12.2. The van der Waals surface area contributed by atoms with Gasteiger partial charge in [-0.25, -0.2) is 0 Å². The topological polar surface area (TPSA) is 59.8 Å². The second-order valence-electron chi connectivity index (χ2n) is 4.56. The molecule has 0 radical (unpaired) electrons. The van der Waals surface area contributed by atoms with Crippen LogP contribution in [0.1, 0.15) is 21.5 Å². The van der Waals surface area contributed by atoms with Crippen molar-refractivity contribution >= 4 is 23.6 Å². The molecule has 98 valence electrons. The Morgan fingerprint density at radius 3 is 2.95 bits per heavy atom. The zero-order chi connectivity index (χ0) is 13.4. The van der Waals surface area contributed by atoms with Gasteiger partial charge in [0.15, 0.2) is 5.16 Å². The summed E-state index contributed by atoms with van der Waals surface area (Å²) in [6, 6.07) is 5.67. The summed E-state index contributed by atoms with van der Waals surface area (Å²) in [5, 5.41) is 11.7. The summed E-state index contributed by atoms with van der Waals surface area (Å²) in [7, 11) is 0. The van der Waals surface area contributed by atoms with Crippen LogP contribution in [-0.4, -0.2) is 26.4 Å². The Kier molecular flexibility index (Phi) is 3.02. The molecule has 0 aliphatic carbocycles. The normalized spacial score (nSPS) is 13.4. The zero-order valence-corrected chi connectivity index (χ0v) is 11.6. The number of hydrogen-bond donors (Lipinski definition) is 1. The second kappa shape index (κ2) is 4.70. The first-order valence-electron chi connectivity index (χ1n) is 6.10. The molecule has 0 fully saturated rings. The summed E-state index contributed by atoms with van der Waals surface area (Å²) in [4.78, 5) is 12.2. The van der Waals surface area contributed by atoms with Crippen molar-refractivity contribution in [2.45, 2.75) is 25.5 Å². The number of rotatable bonds is 2. The predicted molar refractivity (Wildman–Crippen MR) is 74.6 cm³/mol. The Morgan fingerprint density at radius 1 is 1.32 bits per heavy atom. The highest BCUT2D eigenvalue weighted by molar-refractivity contribution is 7.99. The molecular formula is C13H14N4OS. The van der Waals surface area contributed by atoms with Gasteiger partial charge in [0.25, 0.3) is 5.91 Å². The number of fused-ring (bicyclic) bond motifs is 1. The van der Waals surface area contributed by atoms with E-state index in [0.29, 0.717) is 11.5 Å². The Balaban J connectivity index is 1.82. The molecule has 5 nitrogen and oxygen atoms in total. The smallest absolute Gasteiger partial charge is 0.258 e. The lowest BCUT2D eigenvalue weighted by molar-refractivity contribution is 0.102. The molecule has 2 aromatic rings. The molecule has 0 spiro atoms. The van der Waals surface area contributed by atoms with E-state index in [-0.39, 0.29) is 5.91 Å². The van der Waals surface area contributed by atoms with Crippen molar-refractivity contribution in [3.63, 3.8) is 0 Å². The number of benzene rings is 1. The van der Waals surface area contributed by atoms with E-state index in [0.717, 1.165) is 23.0 Å². The minimum absolute atomic E-state index is 0.143. The van der Waals surface area contributed by atoms with E-state index in [1.54, 1.807) is 11.8 Å². The minimum atomic E-state index is -0.143. The molecular weight excluding hydrogens is 260 g/mol. The third-order valence-electron chi connectivity index (χ3n) is 3.26. The summed E-state index contributed by atoms with van der Waals surface area (Å²) >= 11 is 1.65. The third kappa shape index (κ3) is 2.23. The van der Waals surface area contributed by atoms with Gasteiger partial charge < -0.3 is 0 Å². The van der Waals surface area contributed by atoms with E-state index in [2.05, 4.69) is 15.5 Å². The molecule has 0 unspecified atom stereocenters. The van der Waals surface area contributed by atoms with Crippen molar-refractivity contribution in [2.75, 3.05) is 11.1 Å². The number of aromatic nitrogens is 3. The lowest BCUT2D eigenvalue weighted by atomic mass is 10.1. The maximum atomic E-state index is 12.2. The lowest BCUT2D eigenvalue weighted by Gasteiger charge is -2.07. The van der Waals surface area contributed by atoms with Crippen LogP contribution in [0.25, 0.3) is 0 Å². The fourth-order valence-corrected chi connectivity index (χ4v) is 2.86. The van der Waals surface area contributed by atoms with Crippen LogP contribution in [-0.2, 0) is 6.54 Å². The van der Waals surface area contributed by atoms with E-state index >= 15 is 0 Å². The Bertz CT molecular complexity index is 650. The van der Waals surface area contributed by atoms with E-state index in [4.69, 9.17) is 0 Å². The number of carbonyl (C=O) groups is 1. The molecule has 0 bridgehead atoms. The Hall–Kier alpha value is -1.82. The number of amides is 1. The van der Waals surface area contributed by atoms with Crippen molar-refractivity contribution in [3.05, 3.63) is 34.9 Å². The molecule has 0 saturated carbocycles. The van der Waals surface area contributed by atoms with Crippen molar-refractivity contribution in [2.24, 2.45) is 0 Å². The van der Waals surface area contributed by atoms with Gasteiger partial charge in [-0.1, -0.05) is 17.8 Å². The van der Waals surface area contributed by atoms with Crippen LogP contribution in [0.2, 0.25) is 0 Å². The fourth-order valence-electron chi connectivity index (χ4n) is 1.97. The first-order chi connectivity index (χ1) is 9.15. The molecule has 0 atom stereocenters. The molecule has 0 saturated heterocycles. The maximum Gasteiger partial charge on any atom is 0.258 e. The first-order valence-corrected chi connectivity index (χ1v) is 7.08. The summed E-state index contributed by atoms with van der Waals surface area (Å²) in [5.74, 6) is 1.37. The van der Waals surface area contributed by atoms with Gasteiger partial charge in [0.1, 0.15) is 0 Å². The highest BCUT2D eigenvalue weighted by Gasteiger charge is 2.19. The molecule has 6 heteroatoms. The third-order valence-corrected chi connectivity index (χ3v) is 4.20. The van der Waals surface area contributed by atoms with Crippen LogP contribution in [0.4, 0.5) is 5.95 Å². The second-order valence-corrected chi connectivity index (χ2v) is 5.62. The average molecular weight is 274 g/mol. The molecule has 1 N–H and O–H groups in total. The number of nitrogens with zero attached hydrogens (tertiary/aromatic N) is 3. The standard InChI is InChI=1S/C13H14N4OS/c1-8-3-4-10(7-9(8)2)11(18)14-12-15-16-13-17(12)5-6-19-13/h3-4,7H,5-6H2,1-2H3,(H,14,15,18). The molecule has 1 aliphatic heterocycles. The van der Waals surface area contributed by atoms with Crippen LogP contribution in [0.3, 0.4) is 0 Å². The largest absolute Gasteiger partial charge is 0.290 e. The van der Waals surface area contributed by atoms with Gasteiger partial charge in [-0.2, -0.15) is 0 Å². The van der Waals surface area contributed by atoms with Crippen molar-refractivity contribution in [1.82, 2.24) is 14.8 Å². The Morgan fingerprint density at radius 2 is 2.16 bits per heavy atom. The van der Waals surface area contributed by atoms with Crippen LogP contribution < -0.4 is 5.32 Å². The van der Waals surface area contributed by atoms with Crippen LogP contribution >= 0.6 is 11.8 Å². The van der Waals surface area contributed by atoms with Crippen LogP contribution in [0.15, 0.2) is 23.4 Å². The predicted octanol–water partition coefficient (Wildman–Crippen LogP) is 2.25. The highest BCUT2D eigenvalue weighted by Crippen LogP contribution is 2.26. The quantitative estimate of drug-likeness (QED) is 0.912. The summed E-state index contributed by atoms with van der Waals surface area (Å²) < 4.78 is 1.93. The van der Waals surface area contributed by atoms with Crippen LogP contribution in [0, 0.1) is 13.8 Å². The molecule has 1 amide bonds. The van der Waals surface area contributed by atoms with E-state index in [1.807, 2.05) is 36.6 Å². The molecule has 3 rings (SSSR count). The number of aryl methyl sites for hydroxylation is 2. The van der Waals surface area contributed by atoms with Gasteiger partial charge >= 0.3 is 0 Å². The molecule has 1 aromatic heterocycles. The first kappa shape index (κ1) is 12.2. The number of carbonyl (C=O) groups excluding carboxylic acids is 1.